The van der Waals surface area contributed by atoms with E-state index < -0.39 is 5.82 Å². The highest BCUT2D eigenvalue weighted by molar-refractivity contribution is 5.92. The number of carbonyl (C=O) groups excluding carboxylic acids is 1. The lowest BCUT2D eigenvalue weighted by Gasteiger charge is -2.05. The van der Waals surface area contributed by atoms with Crippen molar-refractivity contribution in [2.45, 2.75) is 26.5 Å². The molecule has 0 fully saturated rings. The van der Waals surface area contributed by atoms with Crippen molar-refractivity contribution in [3.8, 4) is 5.75 Å². The summed E-state index contributed by atoms with van der Waals surface area (Å²) in [5.74, 6) is -0.459. The molecule has 5 nitrogen and oxygen atoms in total. The molecule has 0 aliphatic heterocycles. The van der Waals surface area contributed by atoms with Crippen molar-refractivity contribution in [3.63, 3.8) is 0 Å². The van der Waals surface area contributed by atoms with Gasteiger partial charge in [-0.05, 0) is 26.0 Å². The van der Waals surface area contributed by atoms with Crippen molar-refractivity contribution in [2.24, 2.45) is 0 Å². The Morgan fingerprint density at radius 3 is 2.90 bits per heavy atom. The van der Waals surface area contributed by atoms with E-state index in [1.165, 1.54) is 18.4 Å². The third kappa shape index (κ3) is 3.57. The highest BCUT2D eigenvalue weighted by atomic mass is 19.1. The quantitative estimate of drug-likeness (QED) is 0.912. The highest BCUT2D eigenvalue weighted by Gasteiger charge is 2.13. The van der Waals surface area contributed by atoms with Crippen LogP contribution >= 0.6 is 0 Å². The summed E-state index contributed by atoms with van der Waals surface area (Å²) in [6.45, 7) is 3.65. The van der Waals surface area contributed by atoms with Crippen LogP contribution in [0.5, 0.6) is 5.75 Å². The smallest absolute Gasteiger partial charge is 0.273 e. The summed E-state index contributed by atoms with van der Waals surface area (Å²) in [4.78, 5) is 15.6. The van der Waals surface area contributed by atoms with E-state index in [0.29, 0.717) is 0 Å². The molecule has 1 heterocycles. The molecule has 0 bridgehead atoms. The Bertz CT molecular complexity index is 596. The highest BCUT2D eigenvalue weighted by Crippen LogP contribution is 2.17. The lowest BCUT2D eigenvalue weighted by atomic mass is 10.3. The van der Waals surface area contributed by atoms with Crippen LogP contribution in [-0.4, -0.2) is 16.9 Å². The number of amides is 1. The van der Waals surface area contributed by atoms with E-state index in [1.54, 1.807) is 12.1 Å². The molecule has 1 aromatic carbocycles. The zero-order valence-electron chi connectivity index (χ0n) is 11.2. The summed E-state index contributed by atoms with van der Waals surface area (Å²) in [6, 6.07) is 6.05. The van der Waals surface area contributed by atoms with Gasteiger partial charge in [-0.25, -0.2) is 9.37 Å². The number of nitrogens with zero attached hydrogens (tertiary/aromatic N) is 1. The molecule has 0 aliphatic rings. The normalized spacial score (nSPS) is 10.6. The Hall–Kier alpha value is -2.37. The zero-order valence-corrected chi connectivity index (χ0v) is 11.2. The van der Waals surface area contributed by atoms with Gasteiger partial charge in [0.2, 0.25) is 5.89 Å². The first kappa shape index (κ1) is 14.0. The topological polar surface area (TPSA) is 64.4 Å². The number of benzene rings is 1. The van der Waals surface area contributed by atoms with E-state index in [0.717, 1.165) is 0 Å². The number of hydrogen-bond acceptors (Lipinski definition) is 4. The summed E-state index contributed by atoms with van der Waals surface area (Å²) in [7, 11) is 0. The number of hydrogen-bond donors (Lipinski definition) is 1. The first-order chi connectivity index (χ1) is 9.56. The Balaban J connectivity index is 1.96. The summed E-state index contributed by atoms with van der Waals surface area (Å²) in [5, 5.41) is 2.69. The van der Waals surface area contributed by atoms with E-state index in [4.69, 9.17) is 9.15 Å². The molecular formula is C14H15FN2O3. The van der Waals surface area contributed by atoms with Crippen molar-refractivity contribution < 1.29 is 18.3 Å². The van der Waals surface area contributed by atoms with Gasteiger partial charge in [-0.1, -0.05) is 12.1 Å². The maximum absolute atomic E-state index is 13.3. The maximum atomic E-state index is 13.3. The average molecular weight is 278 g/mol. The van der Waals surface area contributed by atoms with Crippen molar-refractivity contribution in [2.75, 3.05) is 0 Å². The Morgan fingerprint density at radius 1 is 1.45 bits per heavy atom. The number of ether oxygens (including phenoxy) is 1. The molecule has 2 aromatic rings. The summed E-state index contributed by atoms with van der Waals surface area (Å²) >= 11 is 0. The standard InChI is InChI=1S/C14H15FN2O3/c1-9(2)16-14(18)11-7-20-13(17-11)8-19-12-6-4-3-5-10(12)15/h3-7,9H,8H2,1-2H3,(H,16,18). The predicted molar refractivity (Wildman–Crippen MR) is 69.8 cm³/mol. The molecule has 2 rings (SSSR count). The monoisotopic (exact) mass is 278 g/mol. The molecule has 1 aromatic heterocycles. The van der Waals surface area contributed by atoms with Crippen LogP contribution in [0.15, 0.2) is 34.9 Å². The summed E-state index contributed by atoms with van der Waals surface area (Å²) in [5.41, 5.74) is 0.172. The molecule has 0 saturated heterocycles. The minimum atomic E-state index is -0.461. The first-order valence-corrected chi connectivity index (χ1v) is 6.19. The van der Waals surface area contributed by atoms with Crippen molar-refractivity contribution in [3.05, 3.63) is 47.9 Å². The molecule has 6 heteroatoms. The summed E-state index contributed by atoms with van der Waals surface area (Å²) < 4.78 is 23.7. The van der Waals surface area contributed by atoms with Crippen molar-refractivity contribution in [1.82, 2.24) is 10.3 Å². The third-order valence-corrected chi connectivity index (χ3v) is 2.39. The van der Waals surface area contributed by atoms with Gasteiger partial charge >= 0.3 is 0 Å². The number of halogens is 1. The zero-order chi connectivity index (χ0) is 14.5. The molecule has 0 atom stereocenters. The number of nitrogens with one attached hydrogen (secondary N) is 1. The van der Waals surface area contributed by atoms with Gasteiger partial charge in [0.25, 0.3) is 5.91 Å². The molecule has 1 N–H and O–H groups in total. The molecule has 20 heavy (non-hydrogen) atoms. The van der Waals surface area contributed by atoms with E-state index in [-0.39, 0.29) is 35.9 Å². The van der Waals surface area contributed by atoms with E-state index >= 15 is 0 Å². The van der Waals surface area contributed by atoms with Gasteiger partial charge in [0.1, 0.15) is 6.26 Å². The van der Waals surface area contributed by atoms with E-state index in [1.807, 2.05) is 13.8 Å². The molecule has 0 saturated carbocycles. The van der Waals surface area contributed by atoms with Gasteiger partial charge in [0, 0.05) is 6.04 Å². The van der Waals surface area contributed by atoms with Crippen LogP contribution in [0.4, 0.5) is 4.39 Å². The van der Waals surface area contributed by atoms with Gasteiger partial charge in [-0.15, -0.1) is 0 Å². The molecule has 106 valence electrons. The van der Waals surface area contributed by atoms with Gasteiger partial charge in [-0.3, -0.25) is 4.79 Å². The molecule has 0 unspecified atom stereocenters. The number of carbonyl (C=O) groups is 1. The number of para-hydroxylation sites is 1. The van der Waals surface area contributed by atoms with Gasteiger partial charge in [0.05, 0.1) is 0 Å². The second kappa shape index (κ2) is 6.18. The maximum Gasteiger partial charge on any atom is 0.273 e. The lowest BCUT2D eigenvalue weighted by Crippen LogP contribution is -2.30. The molecule has 1 amide bonds. The van der Waals surface area contributed by atoms with Gasteiger partial charge in [-0.2, -0.15) is 0 Å². The van der Waals surface area contributed by atoms with Crippen LogP contribution in [0.1, 0.15) is 30.2 Å². The largest absolute Gasteiger partial charge is 0.481 e. The van der Waals surface area contributed by atoms with Crippen LogP contribution in [0, 0.1) is 5.82 Å². The first-order valence-electron chi connectivity index (χ1n) is 6.19. The van der Waals surface area contributed by atoms with Crippen LogP contribution < -0.4 is 10.1 Å². The third-order valence-electron chi connectivity index (χ3n) is 2.39. The number of aromatic nitrogens is 1. The van der Waals surface area contributed by atoms with Gasteiger partial charge < -0.3 is 14.5 Å². The van der Waals surface area contributed by atoms with Crippen LogP contribution in [0.25, 0.3) is 0 Å². The SMILES string of the molecule is CC(C)NC(=O)c1coc(COc2ccccc2F)n1. The molecule has 0 aliphatic carbocycles. The van der Waals surface area contributed by atoms with Crippen molar-refractivity contribution in [1.29, 1.82) is 0 Å². The Labute approximate surface area is 115 Å². The molecule has 0 spiro atoms. The van der Waals surface area contributed by atoms with E-state index in [9.17, 15) is 9.18 Å². The van der Waals surface area contributed by atoms with Crippen molar-refractivity contribution >= 4 is 5.91 Å². The molecule has 0 radical (unpaired) electrons. The predicted octanol–water partition coefficient (Wildman–Crippen LogP) is 2.53. The summed E-state index contributed by atoms with van der Waals surface area (Å²) in [6.07, 6.45) is 1.25. The van der Waals surface area contributed by atoms with E-state index in [2.05, 4.69) is 10.3 Å². The Morgan fingerprint density at radius 2 is 2.20 bits per heavy atom. The average Bonchev–Trinajstić information content (AvgIpc) is 2.86. The second-order valence-corrected chi connectivity index (χ2v) is 4.47. The fourth-order valence-corrected chi connectivity index (χ4v) is 1.52. The van der Waals surface area contributed by atoms with Gasteiger partial charge in [0.15, 0.2) is 23.9 Å². The fraction of sp³-hybridized carbons (Fsp3) is 0.286. The minimum Gasteiger partial charge on any atom is -0.481 e. The second-order valence-electron chi connectivity index (χ2n) is 4.47. The van der Waals surface area contributed by atoms with Crippen LogP contribution in [0.2, 0.25) is 0 Å². The minimum absolute atomic E-state index is 0.0114. The Kier molecular flexibility index (Phi) is 4.34. The van der Waals surface area contributed by atoms with Crippen LogP contribution in [-0.2, 0) is 6.61 Å². The van der Waals surface area contributed by atoms with Crippen LogP contribution in [0.3, 0.4) is 0 Å². The number of oxazole rings is 1. The molecular weight excluding hydrogens is 263 g/mol. The fourth-order valence-electron chi connectivity index (χ4n) is 1.52. The lowest BCUT2D eigenvalue weighted by molar-refractivity contribution is 0.0938. The number of rotatable bonds is 5.